The molecule has 0 aromatic heterocycles. The number of sulfone groups is 1. The molecule has 0 radical (unpaired) electrons. The average molecular weight is 364 g/mol. The first kappa shape index (κ1) is 20.1. The molecule has 1 N–H and O–H groups in total. The van der Waals surface area contributed by atoms with Crippen LogP contribution < -0.4 is 0 Å². The van der Waals surface area contributed by atoms with Crippen LogP contribution in [0.15, 0.2) is 28.0 Å². The number of aryl methyl sites for hydroxylation is 1. The number of aliphatic hydroxyl groups excluding tert-OH is 1. The van der Waals surface area contributed by atoms with E-state index in [0.29, 0.717) is 5.56 Å². The highest BCUT2D eigenvalue weighted by molar-refractivity contribution is 7.91. The van der Waals surface area contributed by atoms with Crippen molar-refractivity contribution in [2.24, 2.45) is 5.41 Å². The molecule has 0 bridgehead atoms. The normalized spacial score (nSPS) is 15.0. The molecule has 1 aromatic carbocycles. The Bertz CT molecular complexity index is 777. The Morgan fingerprint density at radius 2 is 1.70 bits per heavy atom. The smallest absolute Gasteiger partial charge is 0.243 e. The molecule has 0 amide bonds. The van der Waals surface area contributed by atoms with Gasteiger partial charge >= 0.3 is 0 Å². The van der Waals surface area contributed by atoms with Crippen LogP contribution in [0.5, 0.6) is 0 Å². The van der Waals surface area contributed by atoms with Gasteiger partial charge < -0.3 is 5.11 Å². The molecular weight excluding hydrogens is 338 g/mol. The molecule has 0 heterocycles. The first-order valence-corrected chi connectivity index (χ1v) is 10.5. The molecule has 1 atom stereocenters. The Hall–Kier alpha value is -0.960. The summed E-state index contributed by atoms with van der Waals surface area (Å²) in [6.45, 7) is 6.78. The molecule has 0 spiro atoms. The number of rotatable bonds is 5. The topological polar surface area (TPSA) is 91.8 Å². The molecule has 132 valence electrons. The maximum absolute atomic E-state index is 12.9. The molecule has 0 aliphatic heterocycles. The van der Waals surface area contributed by atoms with Crippen molar-refractivity contribution in [2.75, 3.05) is 19.9 Å². The zero-order chi connectivity index (χ0) is 18.2. The van der Waals surface area contributed by atoms with E-state index < -0.39 is 31.3 Å². The molecule has 8 heteroatoms. The second-order valence-electron chi connectivity index (χ2n) is 6.79. The number of hydrogen-bond donors (Lipinski definition) is 1. The van der Waals surface area contributed by atoms with Crippen molar-refractivity contribution in [1.82, 2.24) is 4.31 Å². The first-order chi connectivity index (χ1) is 10.2. The Labute approximate surface area is 139 Å². The van der Waals surface area contributed by atoms with Gasteiger partial charge in [0.15, 0.2) is 9.84 Å². The molecule has 0 aliphatic rings. The fourth-order valence-corrected chi connectivity index (χ4v) is 4.85. The zero-order valence-electron chi connectivity index (χ0n) is 14.4. The molecule has 1 unspecified atom stereocenters. The molecule has 0 fully saturated rings. The van der Waals surface area contributed by atoms with Gasteiger partial charge in [-0.15, -0.1) is 0 Å². The van der Waals surface area contributed by atoms with Gasteiger partial charge in [0.25, 0.3) is 0 Å². The van der Waals surface area contributed by atoms with Crippen LogP contribution in [0.3, 0.4) is 0 Å². The van der Waals surface area contributed by atoms with Gasteiger partial charge in [0.05, 0.1) is 22.4 Å². The van der Waals surface area contributed by atoms with Gasteiger partial charge in [0, 0.05) is 13.3 Å². The van der Waals surface area contributed by atoms with Crippen LogP contribution in [-0.2, 0) is 19.9 Å². The average Bonchev–Trinajstić information content (AvgIpc) is 2.36. The summed E-state index contributed by atoms with van der Waals surface area (Å²) in [6.07, 6.45) is 1.03. The largest absolute Gasteiger partial charge is 0.395 e. The Morgan fingerprint density at radius 3 is 2.09 bits per heavy atom. The number of nitrogens with zero attached hydrogens (tertiary/aromatic N) is 1. The van der Waals surface area contributed by atoms with Crippen LogP contribution in [0.2, 0.25) is 0 Å². The minimum Gasteiger partial charge on any atom is -0.395 e. The van der Waals surface area contributed by atoms with E-state index in [2.05, 4.69) is 0 Å². The lowest BCUT2D eigenvalue weighted by Crippen LogP contribution is -2.47. The monoisotopic (exact) mass is 363 g/mol. The van der Waals surface area contributed by atoms with Gasteiger partial charge in [-0.25, -0.2) is 16.8 Å². The number of hydrogen-bond acceptors (Lipinski definition) is 5. The second-order valence-corrected chi connectivity index (χ2v) is 10.8. The highest BCUT2D eigenvalue weighted by atomic mass is 32.2. The summed E-state index contributed by atoms with van der Waals surface area (Å²) in [5, 5.41) is 9.59. The fourth-order valence-electron chi connectivity index (χ4n) is 2.35. The summed E-state index contributed by atoms with van der Waals surface area (Å²) < 4.78 is 50.3. The van der Waals surface area contributed by atoms with E-state index in [0.717, 1.165) is 10.6 Å². The molecule has 23 heavy (non-hydrogen) atoms. The SMILES string of the molecule is Cc1ccc(S(C)(=O)=O)cc1S(=O)(=O)N(C)C(CO)C(C)(C)C. The van der Waals surface area contributed by atoms with Crippen LogP contribution in [0.1, 0.15) is 26.3 Å². The summed E-state index contributed by atoms with van der Waals surface area (Å²) in [7, 11) is -6.06. The van der Waals surface area contributed by atoms with Crippen LogP contribution in [0.4, 0.5) is 0 Å². The highest BCUT2D eigenvalue weighted by Gasteiger charge is 2.36. The molecule has 0 aliphatic carbocycles. The maximum Gasteiger partial charge on any atom is 0.243 e. The second kappa shape index (κ2) is 6.51. The minimum absolute atomic E-state index is 0.0496. The fraction of sp³-hybridized carbons (Fsp3) is 0.600. The number of benzene rings is 1. The van der Waals surface area contributed by atoms with E-state index in [4.69, 9.17) is 0 Å². The van der Waals surface area contributed by atoms with Crippen LogP contribution in [0, 0.1) is 12.3 Å². The molecule has 0 saturated heterocycles. The zero-order valence-corrected chi connectivity index (χ0v) is 16.0. The molecule has 1 aromatic rings. The number of aliphatic hydroxyl groups is 1. The van der Waals surface area contributed by atoms with E-state index in [9.17, 15) is 21.9 Å². The van der Waals surface area contributed by atoms with Crippen molar-refractivity contribution < 1.29 is 21.9 Å². The lowest BCUT2D eigenvalue weighted by atomic mass is 9.87. The lowest BCUT2D eigenvalue weighted by molar-refractivity contribution is 0.115. The van der Waals surface area contributed by atoms with Gasteiger partial charge in [0.1, 0.15) is 0 Å². The molecular formula is C15H25NO5S2. The predicted molar refractivity (Wildman–Crippen MR) is 89.6 cm³/mol. The Balaban J connectivity index is 3.50. The van der Waals surface area contributed by atoms with Crippen molar-refractivity contribution in [3.8, 4) is 0 Å². The van der Waals surface area contributed by atoms with E-state index in [1.807, 2.05) is 20.8 Å². The number of sulfonamides is 1. The third-order valence-corrected chi connectivity index (χ3v) is 6.97. The van der Waals surface area contributed by atoms with Crippen molar-refractivity contribution >= 4 is 19.9 Å². The summed E-state index contributed by atoms with van der Waals surface area (Å²) in [4.78, 5) is -0.114. The van der Waals surface area contributed by atoms with Gasteiger partial charge in [-0.1, -0.05) is 26.8 Å². The van der Waals surface area contributed by atoms with E-state index in [1.165, 1.54) is 25.2 Å². The standard InChI is InChI=1S/C15H25NO5S2/c1-11-7-8-12(22(6,18)19)9-13(11)23(20,21)16(5)14(10-17)15(2,3)4/h7-9,14,17H,10H2,1-6H3. The van der Waals surface area contributed by atoms with E-state index >= 15 is 0 Å². The third-order valence-electron chi connectivity index (χ3n) is 3.86. The lowest BCUT2D eigenvalue weighted by Gasteiger charge is -2.36. The van der Waals surface area contributed by atoms with Crippen molar-refractivity contribution in [3.63, 3.8) is 0 Å². The van der Waals surface area contributed by atoms with E-state index in [1.54, 1.807) is 6.92 Å². The van der Waals surface area contributed by atoms with Crippen molar-refractivity contribution in [1.29, 1.82) is 0 Å². The van der Waals surface area contributed by atoms with Crippen LogP contribution in [-0.4, -0.2) is 52.2 Å². The summed E-state index contributed by atoms with van der Waals surface area (Å²) in [6, 6.07) is 3.40. The third kappa shape index (κ3) is 4.32. The van der Waals surface area contributed by atoms with Gasteiger partial charge in [0.2, 0.25) is 10.0 Å². The summed E-state index contributed by atoms with van der Waals surface area (Å²) in [5.74, 6) is 0. The molecule has 0 saturated carbocycles. The highest BCUT2D eigenvalue weighted by Crippen LogP contribution is 2.30. The Kier molecular flexibility index (Phi) is 5.68. The van der Waals surface area contributed by atoms with Gasteiger partial charge in [-0.3, -0.25) is 0 Å². The van der Waals surface area contributed by atoms with Crippen LogP contribution >= 0.6 is 0 Å². The predicted octanol–water partition coefficient (Wildman–Crippen LogP) is 1.43. The summed E-state index contributed by atoms with van der Waals surface area (Å²) in [5.41, 5.74) is -0.0197. The summed E-state index contributed by atoms with van der Waals surface area (Å²) >= 11 is 0. The number of likely N-dealkylation sites (N-methyl/N-ethyl adjacent to an activating group) is 1. The van der Waals surface area contributed by atoms with Crippen molar-refractivity contribution in [3.05, 3.63) is 23.8 Å². The first-order valence-electron chi connectivity index (χ1n) is 7.12. The van der Waals surface area contributed by atoms with E-state index in [-0.39, 0.29) is 16.4 Å². The quantitative estimate of drug-likeness (QED) is 0.854. The minimum atomic E-state index is -3.94. The van der Waals surface area contributed by atoms with Crippen molar-refractivity contribution in [2.45, 2.75) is 43.5 Å². The molecule has 6 nitrogen and oxygen atoms in total. The maximum atomic E-state index is 12.9. The van der Waals surface area contributed by atoms with Gasteiger partial charge in [-0.2, -0.15) is 4.31 Å². The molecule has 1 rings (SSSR count). The van der Waals surface area contributed by atoms with Gasteiger partial charge in [-0.05, 0) is 30.0 Å². The Morgan fingerprint density at radius 1 is 1.17 bits per heavy atom. The van der Waals surface area contributed by atoms with Crippen LogP contribution in [0.25, 0.3) is 0 Å².